The first-order chi connectivity index (χ1) is 11.0. The number of allylic oxidation sites excluding steroid dienone is 1. The van der Waals surface area contributed by atoms with Crippen molar-refractivity contribution >= 4 is 8.56 Å². The maximum absolute atomic E-state index is 6.93. The first-order valence-corrected chi connectivity index (χ1v) is 11.5. The van der Waals surface area contributed by atoms with Crippen LogP contribution in [0.3, 0.4) is 0 Å². The topological polar surface area (TPSA) is 18.5 Å². The zero-order valence-electron chi connectivity index (χ0n) is 18.6. The van der Waals surface area contributed by atoms with Crippen LogP contribution in [-0.2, 0) is 8.85 Å². The van der Waals surface area contributed by atoms with E-state index in [1.54, 1.807) is 0 Å². The Bertz CT molecular complexity index is 484. The Morgan fingerprint density at radius 3 is 1.68 bits per heavy atom. The Morgan fingerprint density at radius 2 is 1.32 bits per heavy atom. The third-order valence-electron chi connectivity index (χ3n) is 5.21. The summed E-state index contributed by atoms with van der Waals surface area (Å²) in [5.41, 5.74) is 0.0746. The first-order valence-electron chi connectivity index (χ1n) is 9.64. The maximum atomic E-state index is 6.93. The fourth-order valence-electron chi connectivity index (χ4n) is 3.68. The second-order valence-corrected chi connectivity index (χ2v) is 16.1. The van der Waals surface area contributed by atoms with E-state index in [1.807, 2.05) is 6.08 Å². The fourth-order valence-corrected chi connectivity index (χ4v) is 8.80. The molecule has 2 unspecified atom stereocenters. The molecule has 0 saturated carbocycles. The molecule has 0 radical (unpaired) electrons. The standard InChI is InChI=1S/C22H42O2Si/c1-13-22(11,12)18-16-17(14-15-19(2,3)4)23-25(24-18,20(5,6)7)21(8,9)10/h13-15,17-18H,1,16H2,2-12H3/b15-14+. The molecule has 0 aromatic heterocycles. The average Bonchev–Trinajstić information content (AvgIpc) is 2.41. The molecule has 0 amide bonds. The summed E-state index contributed by atoms with van der Waals surface area (Å²) in [7, 11) is -2.53. The van der Waals surface area contributed by atoms with E-state index in [9.17, 15) is 0 Å². The van der Waals surface area contributed by atoms with Crippen LogP contribution in [0.25, 0.3) is 0 Å². The van der Waals surface area contributed by atoms with Gasteiger partial charge in [-0.2, -0.15) is 0 Å². The lowest BCUT2D eigenvalue weighted by Crippen LogP contribution is -2.65. The average molecular weight is 367 g/mol. The van der Waals surface area contributed by atoms with E-state index in [0.717, 1.165) is 6.42 Å². The van der Waals surface area contributed by atoms with Crippen LogP contribution in [0.2, 0.25) is 10.1 Å². The van der Waals surface area contributed by atoms with Crippen molar-refractivity contribution < 1.29 is 8.85 Å². The molecule has 0 N–H and O–H groups in total. The Balaban J connectivity index is 3.42. The first kappa shape index (κ1) is 22.7. The monoisotopic (exact) mass is 366 g/mol. The Kier molecular flexibility index (Phi) is 6.32. The second-order valence-electron chi connectivity index (χ2n) is 11.4. The molecule has 2 nitrogen and oxygen atoms in total. The van der Waals surface area contributed by atoms with E-state index >= 15 is 0 Å². The fraction of sp³-hybridized carbons (Fsp3) is 0.818. The molecule has 0 aromatic carbocycles. The van der Waals surface area contributed by atoms with Crippen LogP contribution in [0.1, 0.15) is 82.6 Å². The van der Waals surface area contributed by atoms with Crippen molar-refractivity contribution in [2.24, 2.45) is 10.8 Å². The minimum atomic E-state index is -2.53. The number of rotatable bonds is 3. The van der Waals surface area contributed by atoms with E-state index in [0.29, 0.717) is 0 Å². The maximum Gasteiger partial charge on any atom is 0.350 e. The number of hydrogen-bond donors (Lipinski definition) is 0. The van der Waals surface area contributed by atoms with Crippen LogP contribution in [0.4, 0.5) is 0 Å². The molecule has 1 rings (SSSR count). The highest BCUT2D eigenvalue weighted by Gasteiger charge is 2.62. The van der Waals surface area contributed by atoms with E-state index in [4.69, 9.17) is 8.85 Å². The van der Waals surface area contributed by atoms with E-state index < -0.39 is 8.56 Å². The smallest absolute Gasteiger partial charge is 0.350 e. The third kappa shape index (κ3) is 5.08. The van der Waals surface area contributed by atoms with Crippen LogP contribution >= 0.6 is 0 Å². The summed E-state index contributed by atoms with van der Waals surface area (Å²) in [5, 5.41) is -0.0377. The van der Waals surface area contributed by atoms with Gasteiger partial charge in [0.2, 0.25) is 0 Å². The number of hydrogen-bond acceptors (Lipinski definition) is 2. The van der Waals surface area contributed by atoms with Crippen LogP contribution in [0.5, 0.6) is 0 Å². The molecule has 25 heavy (non-hydrogen) atoms. The summed E-state index contributed by atoms with van der Waals surface area (Å²) in [5.74, 6) is 0. The van der Waals surface area contributed by atoms with Gasteiger partial charge < -0.3 is 8.85 Å². The second kappa shape index (κ2) is 6.98. The molecule has 1 aliphatic rings. The van der Waals surface area contributed by atoms with Gasteiger partial charge in [-0.25, -0.2) is 0 Å². The van der Waals surface area contributed by atoms with Gasteiger partial charge in [0.05, 0.1) is 12.2 Å². The molecule has 3 heteroatoms. The third-order valence-corrected chi connectivity index (χ3v) is 10.4. The Morgan fingerprint density at radius 1 is 0.840 bits per heavy atom. The van der Waals surface area contributed by atoms with Gasteiger partial charge >= 0.3 is 8.56 Å². The van der Waals surface area contributed by atoms with Gasteiger partial charge in [0.15, 0.2) is 0 Å². The molecule has 0 aliphatic carbocycles. The van der Waals surface area contributed by atoms with Gasteiger partial charge in [0.25, 0.3) is 0 Å². The molecule has 1 heterocycles. The lowest BCUT2D eigenvalue weighted by Gasteiger charge is -2.56. The normalized spacial score (nSPS) is 26.0. The van der Waals surface area contributed by atoms with Crippen molar-refractivity contribution in [2.75, 3.05) is 0 Å². The predicted molar refractivity (Wildman–Crippen MR) is 112 cm³/mol. The lowest BCUT2D eigenvalue weighted by molar-refractivity contribution is -0.0439. The van der Waals surface area contributed by atoms with Crippen molar-refractivity contribution in [2.45, 2.75) is 105 Å². The Labute approximate surface area is 158 Å². The van der Waals surface area contributed by atoms with Crippen molar-refractivity contribution in [1.29, 1.82) is 0 Å². The zero-order chi connectivity index (χ0) is 19.9. The highest BCUT2D eigenvalue weighted by atomic mass is 28.4. The molecule has 0 aromatic rings. The van der Waals surface area contributed by atoms with Crippen molar-refractivity contribution in [1.82, 2.24) is 0 Å². The predicted octanol–water partition coefficient (Wildman–Crippen LogP) is 7.02. The summed E-state index contributed by atoms with van der Waals surface area (Å²) in [6.07, 6.45) is 7.70. The molecule has 1 fully saturated rings. The minimum Gasteiger partial charge on any atom is -0.390 e. The van der Waals surface area contributed by atoms with E-state index in [2.05, 4.69) is 94.9 Å². The van der Waals surface area contributed by atoms with E-state index in [-0.39, 0.29) is 33.1 Å². The lowest BCUT2D eigenvalue weighted by atomic mass is 9.83. The van der Waals surface area contributed by atoms with Gasteiger partial charge in [0, 0.05) is 21.9 Å². The van der Waals surface area contributed by atoms with Gasteiger partial charge in [0.1, 0.15) is 0 Å². The van der Waals surface area contributed by atoms with Gasteiger partial charge in [-0.15, -0.1) is 6.58 Å². The van der Waals surface area contributed by atoms with Crippen molar-refractivity contribution in [3.63, 3.8) is 0 Å². The molecule has 1 saturated heterocycles. The van der Waals surface area contributed by atoms with E-state index in [1.165, 1.54) is 0 Å². The summed E-state index contributed by atoms with van der Waals surface area (Å²) in [6, 6.07) is 0. The van der Waals surface area contributed by atoms with Crippen molar-refractivity contribution in [3.05, 3.63) is 24.8 Å². The summed E-state index contributed by atoms with van der Waals surface area (Å²) < 4.78 is 13.8. The van der Waals surface area contributed by atoms with Crippen LogP contribution in [-0.4, -0.2) is 20.8 Å². The molecular weight excluding hydrogens is 324 g/mol. The molecule has 1 aliphatic heterocycles. The van der Waals surface area contributed by atoms with Crippen molar-refractivity contribution in [3.8, 4) is 0 Å². The van der Waals surface area contributed by atoms with Crippen LogP contribution in [0.15, 0.2) is 24.8 Å². The van der Waals surface area contributed by atoms with Gasteiger partial charge in [-0.1, -0.05) is 94.4 Å². The summed E-state index contributed by atoms with van der Waals surface area (Å²) in [6.45, 7) is 28.9. The Hall–Kier alpha value is -0.383. The summed E-state index contributed by atoms with van der Waals surface area (Å²) in [4.78, 5) is 0. The van der Waals surface area contributed by atoms with Gasteiger partial charge in [-0.05, 0) is 5.41 Å². The molecule has 146 valence electrons. The molecular formula is C22H42O2Si. The molecule has 0 bridgehead atoms. The largest absolute Gasteiger partial charge is 0.390 e. The van der Waals surface area contributed by atoms with Crippen LogP contribution in [0, 0.1) is 10.8 Å². The minimum absolute atomic E-state index is 0.0189. The summed E-state index contributed by atoms with van der Waals surface area (Å²) >= 11 is 0. The van der Waals surface area contributed by atoms with Gasteiger partial charge in [-0.3, -0.25) is 0 Å². The SMILES string of the molecule is C=CC(C)(C)C1CC(/C=C/C(C)(C)C)O[Si](C(C)(C)C)(C(C)(C)C)O1. The zero-order valence-corrected chi connectivity index (χ0v) is 19.6. The van der Waals surface area contributed by atoms with Crippen LogP contribution < -0.4 is 0 Å². The highest BCUT2D eigenvalue weighted by Crippen LogP contribution is 2.56. The molecule has 2 atom stereocenters. The quantitative estimate of drug-likeness (QED) is 0.395. The molecule has 0 spiro atoms. The highest BCUT2D eigenvalue weighted by molar-refractivity contribution is 6.73.